The molecule has 1 aromatic carbocycles. The SMILES string of the molecule is O=C(O)C1CCc2ccc(COc3ccc(-c4ccn[nH]4)nc3)cc2CC1. The molecule has 2 N–H and O–H groups in total. The number of fused-ring (bicyclic) bond motifs is 1. The number of nitrogens with one attached hydrogen (secondary N) is 1. The maximum atomic E-state index is 11.3. The van der Waals surface area contributed by atoms with Gasteiger partial charge in [-0.1, -0.05) is 18.2 Å². The molecule has 0 amide bonds. The number of aryl methyl sites for hydroxylation is 2. The highest BCUT2D eigenvalue weighted by Gasteiger charge is 2.21. The second-order valence-corrected chi connectivity index (χ2v) is 6.85. The van der Waals surface area contributed by atoms with E-state index in [1.54, 1.807) is 12.4 Å². The number of hydrogen-bond donors (Lipinski definition) is 2. The fourth-order valence-electron chi connectivity index (χ4n) is 3.49. The van der Waals surface area contributed by atoms with E-state index in [-0.39, 0.29) is 5.92 Å². The smallest absolute Gasteiger partial charge is 0.306 e. The lowest BCUT2D eigenvalue weighted by molar-refractivity contribution is -0.142. The van der Waals surface area contributed by atoms with Gasteiger partial charge in [0.1, 0.15) is 12.4 Å². The molecular formula is C21H21N3O3. The lowest BCUT2D eigenvalue weighted by Crippen LogP contribution is -2.13. The number of H-pyrrole nitrogens is 1. The topological polar surface area (TPSA) is 88.1 Å². The van der Waals surface area contributed by atoms with Crippen molar-refractivity contribution < 1.29 is 14.6 Å². The van der Waals surface area contributed by atoms with Crippen molar-refractivity contribution in [3.63, 3.8) is 0 Å². The van der Waals surface area contributed by atoms with Crippen molar-refractivity contribution in [1.29, 1.82) is 0 Å². The highest BCUT2D eigenvalue weighted by Crippen LogP contribution is 2.26. The predicted molar refractivity (Wildman–Crippen MR) is 100 cm³/mol. The van der Waals surface area contributed by atoms with Crippen molar-refractivity contribution in [3.8, 4) is 17.1 Å². The average Bonchev–Trinajstić information content (AvgIpc) is 3.13. The molecule has 138 valence electrons. The summed E-state index contributed by atoms with van der Waals surface area (Å²) in [6.45, 7) is 0.459. The predicted octanol–water partition coefficient (Wildman–Crippen LogP) is 3.63. The Kier molecular flexibility index (Phi) is 4.87. The van der Waals surface area contributed by atoms with Crippen molar-refractivity contribution >= 4 is 5.97 Å². The number of rotatable bonds is 5. The molecular weight excluding hydrogens is 342 g/mol. The highest BCUT2D eigenvalue weighted by molar-refractivity contribution is 5.70. The number of benzene rings is 1. The molecule has 0 radical (unpaired) electrons. The fraction of sp³-hybridized carbons (Fsp3) is 0.286. The van der Waals surface area contributed by atoms with E-state index < -0.39 is 5.97 Å². The van der Waals surface area contributed by atoms with Crippen LogP contribution in [0.3, 0.4) is 0 Å². The molecule has 1 unspecified atom stereocenters. The molecule has 0 saturated heterocycles. The Balaban J connectivity index is 1.40. The summed E-state index contributed by atoms with van der Waals surface area (Å²) in [6, 6.07) is 12.0. The summed E-state index contributed by atoms with van der Waals surface area (Å²) in [7, 11) is 0. The molecule has 0 fully saturated rings. The first-order valence-corrected chi connectivity index (χ1v) is 9.11. The number of carboxylic acid groups (broad SMARTS) is 1. The van der Waals surface area contributed by atoms with Crippen LogP contribution in [-0.2, 0) is 24.2 Å². The first-order chi connectivity index (χ1) is 13.2. The van der Waals surface area contributed by atoms with Gasteiger partial charge in [0.2, 0.25) is 0 Å². The van der Waals surface area contributed by atoms with Gasteiger partial charge in [0, 0.05) is 6.20 Å². The van der Waals surface area contributed by atoms with E-state index in [0.717, 1.165) is 29.8 Å². The molecule has 4 rings (SSSR count). The second kappa shape index (κ2) is 7.61. The van der Waals surface area contributed by atoms with E-state index >= 15 is 0 Å². The Morgan fingerprint density at radius 2 is 2.00 bits per heavy atom. The van der Waals surface area contributed by atoms with Crippen molar-refractivity contribution in [3.05, 3.63) is 65.5 Å². The molecule has 0 saturated carbocycles. The van der Waals surface area contributed by atoms with Crippen LogP contribution in [0.2, 0.25) is 0 Å². The number of aliphatic carboxylic acids is 1. The zero-order valence-corrected chi connectivity index (χ0v) is 14.9. The summed E-state index contributed by atoms with van der Waals surface area (Å²) in [5.41, 5.74) is 5.27. The Labute approximate surface area is 157 Å². The first-order valence-electron chi connectivity index (χ1n) is 9.11. The summed E-state index contributed by atoms with van der Waals surface area (Å²) < 4.78 is 5.86. The van der Waals surface area contributed by atoms with Gasteiger partial charge in [0.05, 0.1) is 23.5 Å². The van der Waals surface area contributed by atoms with Crippen LogP contribution >= 0.6 is 0 Å². The van der Waals surface area contributed by atoms with Gasteiger partial charge in [-0.15, -0.1) is 0 Å². The summed E-state index contributed by atoms with van der Waals surface area (Å²) in [5.74, 6) is -0.215. The van der Waals surface area contributed by atoms with Gasteiger partial charge >= 0.3 is 5.97 Å². The van der Waals surface area contributed by atoms with Gasteiger partial charge in [-0.3, -0.25) is 14.9 Å². The van der Waals surface area contributed by atoms with Crippen LogP contribution in [0.4, 0.5) is 0 Å². The Morgan fingerprint density at radius 1 is 1.15 bits per heavy atom. The van der Waals surface area contributed by atoms with Crippen molar-refractivity contribution in [2.75, 3.05) is 0 Å². The first kappa shape index (κ1) is 17.3. The van der Waals surface area contributed by atoms with Gasteiger partial charge in [0.15, 0.2) is 0 Å². The normalized spacial score (nSPS) is 16.4. The van der Waals surface area contributed by atoms with E-state index in [1.807, 2.05) is 18.2 Å². The van der Waals surface area contributed by atoms with Crippen LogP contribution in [0.15, 0.2) is 48.8 Å². The number of aromatic amines is 1. The molecule has 1 aliphatic rings. The third kappa shape index (κ3) is 4.00. The summed E-state index contributed by atoms with van der Waals surface area (Å²) in [6.07, 6.45) is 6.45. The van der Waals surface area contributed by atoms with Gasteiger partial charge in [0.25, 0.3) is 0 Å². The second-order valence-electron chi connectivity index (χ2n) is 6.85. The summed E-state index contributed by atoms with van der Waals surface area (Å²) in [5, 5.41) is 16.1. The largest absolute Gasteiger partial charge is 0.487 e. The molecule has 2 heterocycles. The van der Waals surface area contributed by atoms with Crippen molar-refractivity contribution in [2.45, 2.75) is 32.3 Å². The number of pyridine rings is 1. The molecule has 1 atom stereocenters. The molecule has 6 nitrogen and oxygen atoms in total. The molecule has 1 aliphatic carbocycles. The summed E-state index contributed by atoms with van der Waals surface area (Å²) in [4.78, 5) is 15.6. The number of carboxylic acids is 1. The van der Waals surface area contributed by atoms with E-state index in [9.17, 15) is 9.90 Å². The third-order valence-corrected chi connectivity index (χ3v) is 5.06. The Morgan fingerprint density at radius 3 is 2.70 bits per heavy atom. The van der Waals surface area contributed by atoms with Gasteiger partial charge in [-0.25, -0.2) is 0 Å². The number of ether oxygens (including phenoxy) is 1. The third-order valence-electron chi connectivity index (χ3n) is 5.06. The molecule has 0 aliphatic heterocycles. The lowest BCUT2D eigenvalue weighted by Gasteiger charge is -2.10. The monoisotopic (exact) mass is 363 g/mol. The van der Waals surface area contributed by atoms with Crippen LogP contribution in [0, 0.1) is 5.92 Å². The quantitative estimate of drug-likeness (QED) is 0.676. The molecule has 27 heavy (non-hydrogen) atoms. The van der Waals surface area contributed by atoms with Gasteiger partial charge in [-0.05, 0) is 60.6 Å². The van der Waals surface area contributed by atoms with Crippen LogP contribution in [-0.4, -0.2) is 26.3 Å². The maximum absolute atomic E-state index is 11.3. The molecule has 0 bridgehead atoms. The maximum Gasteiger partial charge on any atom is 0.306 e. The number of aromatic nitrogens is 3. The molecule has 0 spiro atoms. The summed E-state index contributed by atoms with van der Waals surface area (Å²) >= 11 is 0. The minimum absolute atomic E-state index is 0.239. The van der Waals surface area contributed by atoms with Crippen molar-refractivity contribution in [1.82, 2.24) is 15.2 Å². The van der Waals surface area contributed by atoms with Gasteiger partial charge in [-0.2, -0.15) is 5.10 Å². The van der Waals surface area contributed by atoms with E-state index in [2.05, 4.69) is 33.4 Å². The van der Waals surface area contributed by atoms with Crippen molar-refractivity contribution in [2.24, 2.45) is 5.92 Å². The average molecular weight is 363 g/mol. The van der Waals surface area contributed by atoms with E-state index in [1.165, 1.54) is 11.1 Å². The zero-order valence-electron chi connectivity index (χ0n) is 14.9. The zero-order chi connectivity index (χ0) is 18.6. The van der Waals surface area contributed by atoms with Crippen LogP contribution in [0.1, 0.15) is 29.5 Å². The molecule has 3 aromatic rings. The standard InChI is InChI=1S/C21H21N3O3/c25-21(26)16-4-3-15-2-1-14(11-17(15)6-5-16)13-27-18-7-8-19(22-12-18)20-9-10-23-24-20/h1-2,7-12,16H,3-6,13H2,(H,23,24)(H,25,26). The van der Waals surface area contributed by atoms with E-state index in [4.69, 9.17) is 4.74 Å². The lowest BCUT2D eigenvalue weighted by atomic mass is 10.00. The minimum Gasteiger partial charge on any atom is -0.487 e. The van der Waals surface area contributed by atoms with E-state index in [0.29, 0.717) is 25.2 Å². The number of nitrogens with zero attached hydrogens (tertiary/aromatic N) is 2. The minimum atomic E-state index is -0.683. The number of carbonyl (C=O) groups is 1. The Hall–Kier alpha value is -3.15. The van der Waals surface area contributed by atoms with Gasteiger partial charge < -0.3 is 9.84 Å². The molecule has 2 aromatic heterocycles. The van der Waals surface area contributed by atoms with Crippen LogP contribution in [0.5, 0.6) is 5.75 Å². The Bertz CT molecular complexity index is 920. The van der Waals surface area contributed by atoms with Crippen LogP contribution < -0.4 is 4.74 Å². The fourth-order valence-corrected chi connectivity index (χ4v) is 3.49. The number of hydrogen-bond acceptors (Lipinski definition) is 4. The van der Waals surface area contributed by atoms with Crippen LogP contribution in [0.25, 0.3) is 11.4 Å². The highest BCUT2D eigenvalue weighted by atomic mass is 16.5. The molecule has 6 heteroatoms.